The lowest BCUT2D eigenvalue weighted by Crippen LogP contribution is -2.42. The standard InChI is InChI=1S/C17H26N2O2S2/c1-16(2)9-11-14(13(21)10-16)17(3,22-8-4-7-20)23-15(11)12-5-6-18-19-12/h5-6,13-14,20-21H,4,7-10H2,1-3H3,(H,18,19). The molecule has 6 heteroatoms. The number of nitrogens with zero attached hydrogens (tertiary/aromatic N) is 1. The number of hydrogen-bond acceptors (Lipinski definition) is 5. The predicted octanol–water partition coefficient (Wildman–Crippen LogP) is 3.50. The highest BCUT2D eigenvalue weighted by molar-refractivity contribution is 8.23. The fourth-order valence-corrected chi connectivity index (χ4v) is 7.18. The van der Waals surface area contributed by atoms with E-state index in [0.717, 1.165) is 30.7 Å². The summed E-state index contributed by atoms with van der Waals surface area (Å²) in [5.74, 6) is 1.08. The molecule has 0 amide bonds. The van der Waals surface area contributed by atoms with E-state index in [4.69, 9.17) is 5.11 Å². The van der Waals surface area contributed by atoms with Crippen molar-refractivity contribution in [3.63, 3.8) is 0 Å². The number of rotatable bonds is 5. The van der Waals surface area contributed by atoms with E-state index in [-0.39, 0.29) is 28.1 Å². The van der Waals surface area contributed by atoms with Crippen LogP contribution in [-0.2, 0) is 0 Å². The van der Waals surface area contributed by atoms with Crippen LogP contribution in [0.2, 0.25) is 0 Å². The number of aliphatic hydroxyl groups is 2. The Morgan fingerprint density at radius 1 is 1.43 bits per heavy atom. The Morgan fingerprint density at radius 3 is 2.87 bits per heavy atom. The fraction of sp³-hybridized carbons (Fsp3) is 0.706. The zero-order chi connectivity index (χ0) is 16.7. The molecule has 1 saturated carbocycles. The lowest BCUT2D eigenvalue weighted by atomic mass is 9.67. The zero-order valence-electron chi connectivity index (χ0n) is 14.0. The summed E-state index contributed by atoms with van der Waals surface area (Å²) in [5.41, 5.74) is 2.56. The van der Waals surface area contributed by atoms with E-state index in [9.17, 15) is 5.11 Å². The number of hydrogen-bond donors (Lipinski definition) is 3. The second-order valence-corrected chi connectivity index (χ2v) is 10.7. The lowest BCUT2D eigenvalue weighted by Gasteiger charge is -2.43. The van der Waals surface area contributed by atoms with Crippen molar-refractivity contribution in [3.8, 4) is 0 Å². The minimum absolute atomic E-state index is 0.0825. The van der Waals surface area contributed by atoms with Crippen molar-refractivity contribution in [2.45, 2.75) is 50.2 Å². The number of nitrogens with one attached hydrogen (secondary N) is 1. The van der Waals surface area contributed by atoms with Gasteiger partial charge in [-0.25, -0.2) is 0 Å². The van der Waals surface area contributed by atoms with Crippen LogP contribution >= 0.6 is 23.5 Å². The Morgan fingerprint density at radius 2 is 2.22 bits per heavy atom. The molecule has 0 aromatic carbocycles. The van der Waals surface area contributed by atoms with Gasteiger partial charge in [0.1, 0.15) is 0 Å². The molecule has 0 bridgehead atoms. The molecule has 3 rings (SSSR count). The Balaban J connectivity index is 1.95. The third-order valence-electron chi connectivity index (χ3n) is 4.79. The lowest BCUT2D eigenvalue weighted by molar-refractivity contribution is 0.0460. The van der Waals surface area contributed by atoms with Gasteiger partial charge in [0, 0.05) is 23.6 Å². The molecule has 1 aromatic rings. The summed E-state index contributed by atoms with van der Waals surface area (Å²) in [6.45, 7) is 6.95. The van der Waals surface area contributed by atoms with Crippen molar-refractivity contribution in [1.29, 1.82) is 0 Å². The maximum Gasteiger partial charge on any atom is 0.0721 e. The van der Waals surface area contributed by atoms with Crippen LogP contribution in [0.4, 0.5) is 0 Å². The average Bonchev–Trinajstić information content (AvgIpc) is 3.04. The van der Waals surface area contributed by atoms with E-state index in [0.29, 0.717) is 0 Å². The summed E-state index contributed by atoms with van der Waals surface area (Å²) < 4.78 is -0.0825. The molecular weight excluding hydrogens is 328 g/mol. The largest absolute Gasteiger partial charge is 0.396 e. The summed E-state index contributed by atoms with van der Waals surface area (Å²) in [6, 6.07) is 2.02. The van der Waals surface area contributed by atoms with Gasteiger partial charge in [0.15, 0.2) is 0 Å². The maximum atomic E-state index is 10.9. The van der Waals surface area contributed by atoms with Gasteiger partial charge in [0.2, 0.25) is 0 Å². The van der Waals surface area contributed by atoms with Crippen molar-refractivity contribution in [3.05, 3.63) is 23.5 Å². The summed E-state index contributed by atoms with van der Waals surface area (Å²) in [5, 5.41) is 27.2. The van der Waals surface area contributed by atoms with E-state index >= 15 is 0 Å². The third-order valence-corrected chi connectivity index (χ3v) is 8.06. The first kappa shape index (κ1) is 17.4. The van der Waals surface area contributed by atoms with Gasteiger partial charge in [-0.3, -0.25) is 5.10 Å². The third kappa shape index (κ3) is 3.36. The van der Waals surface area contributed by atoms with E-state index < -0.39 is 0 Å². The molecule has 4 nitrogen and oxygen atoms in total. The van der Waals surface area contributed by atoms with Crippen LogP contribution in [0.1, 0.15) is 45.7 Å². The van der Waals surface area contributed by atoms with Crippen LogP contribution in [0.3, 0.4) is 0 Å². The molecule has 1 fully saturated rings. The molecule has 3 unspecified atom stereocenters. The van der Waals surface area contributed by atoms with Gasteiger partial charge in [-0.15, -0.1) is 23.5 Å². The van der Waals surface area contributed by atoms with Crippen LogP contribution in [0.5, 0.6) is 0 Å². The van der Waals surface area contributed by atoms with Gasteiger partial charge >= 0.3 is 0 Å². The number of thioether (sulfide) groups is 2. The average molecular weight is 355 g/mol. The van der Waals surface area contributed by atoms with E-state index in [1.165, 1.54) is 10.5 Å². The highest BCUT2D eigenvalue weighted by Gasteiger charge is 2.53. The molecule has 0 radical (unpaired) electrons. The second-order valence-electron chi connectivity index (χ2n) is 7.46. The maximum absolute atomic E-state index is 10.9. The van der Waals surface area contributed by atoms with Crippen molar-refractivity contribution in [2.24, 2.45) is 11.3 Å². The first-order valence-corrected chi connectivity index (χ1v) is 10.0. The van der Waals surface area contributed by atoms with E-state index in [1.807, 2.05) is 29.6 Å². The van der Waals surface area contributed by atoms with E-state index in [2.05, 4.69) is 31.0 Å². The first-order valence-electron chi connectivity index (χ1n) is 8.21. The summed E-state index contributed by atoms with van der Waals surface area (Å²) in [6.07, 6.45) is 4.13. The van der Waals surface area contributed by atoms with Crippen molar-refractivity contribution >= 4 is 28.4 Å². The van der Waals surface area contributed by atoms with Gasteiger partial charge in [-0.2, -0.15) is 5.10 Å². The van der Waals surface area contributed by atoms with E-state index in [1.54, 1.807) is 6.20 Å². The molecular formula is C17H26N2O2S2. The number of fused-ring (bicyclic) bond motifs is 1. The SMILES string of the molecule is CC1(C)CC2=C(c3ccn[nH]3)SC(C)(SCCCO)C2C(O)C1. The Hall–Kier alpha value is -0.430. The second kappa shape index (κ2) is 6.47. The fourth-order valence-electron chi connectivity index (χ4n) is 3.90. The molecule has 1 aromatic heterocycles. The summed E-state index contributed by atoms with van der Waals surface area (Å²) in [4.78, 5) is 1.26. The van der Waals surface area contributed by atoms with Crippen molar-refractivity contribution in [1.82, 2.24) is 10.2 Å². The predicted molar refractivity (Wildman–Crippen MR) is 98.2 cm³/mol. The summed E-state index contributed by atoms with van der Waals surface area (Å²) >= 11 is 3.73. The van der Waals surface area contributed by atoms with Crippen molar-refractivity contribution in [2.75, 3.05) is 12.4 Å². The molecule has 128 valence electrons. The first-order chi connectivity index (χ1) is 10.9. The van der Waals surface area contributed by atoms with Gasteiger partial charge in [0.05, 0.1) is 15.9 Å². The number of H-pyrrole nitrogens is 1. The number of aliphatic hydroxyl groups excluding tert-OH is 2. The smallest absolute Gasteiger partial charge is 0.0721 e. The highest BCUT2D eigenvalue weighted by atomic mass is 32.2. The van der Waals surface area contributed by atoms with Crippen LogP contribution in [0.25, 0.3) is 4.91 Å². The minimum Gasteiger partial charge on any atom is -0.396 e. The van der Waals surface area contributed by atoms with Crippen LogP contribution < -0.4 is 0 Å². The Labute approximate surface area is 146 Å². The topological polar surface area (TPSA) is 69.1 Å². The van der Waals surface area contributed by atoms with Crippen molar-refractivity contribution < 1.29 is 10.2 Å². The Bertz CT molecular complexity index is 585. The molecule has 3 N–H and O–H groups in total. The normalized spacial score (nSPS) is 33.1. The minimum atomic E-state index is -0.312. The molecule has 1 aliphatic carbocycles. The van der Waals surface area contributed by atoms with Crippen LogP contribution in [0, 0.1) is 11.3 Å². The molecule has 2 heterocycles. The molecule has 0 saturated heterocycles. The quantitative estimate of drug-likeness (QED) is 0.706. The molecule has 0 spiro atoms. The zero-order valence-corrected chi connectivity index (χ0v) is 15.6. The number of aromatic nitrogens is 2. The van der Waals surface area contributed by atoms with Crippen LogP contribution in [-0.4, -0.2) is 43.0 Å². The Kier molecular flexibility index (Phi) is 4.89. The molecule has 1 aliphatic heterocycles. The van der Waals surface area contributed by atoms with Gasteiger partial charge in [-0.1, -0.05) is 13.8 Å². The monoisotopic (exact) mass is 354 g/mol. The molecule has 3 atom stereocenters. The molecule has 2 aliphatic rings. The van der Waals surface area contributed by atoms with Gasteiger partial charge in [0.25, 0.3) is 0 Å². The molecule has 23 heavy (non-hydrogen) atoms. The summed E-state index contributed by atoms with van der Waals surface area (Å²) in [7, 11) is 0. The van der Waals surface area contributed by atoms with Gasteiger partial charge < -0.3 is 10.2 Å². The van der Waals surface area contributed by atoms with Crippen LogP contribution in [0.15, 0.2) is 17.8 Å². The number of aromatic amines is 1. The van der Waals surface area contributed by atoms with Gasteiger partial charge in [-0.05, 0) is 49.0 Å². The highest BCUT2D eigenvalue weighted by Crippen LogP contribution is 2.64.